The van der Waals surface area contributed by atoms with Crippen LogP contribution in [0.2, 0.25) is 0 Å². The SMILES string of the molecule is CN(CC[C@H](NC(=O)OC(C)(C)C)C(=O)OCc1ccccc1)Cc1ccccc1. The minimum absolute atomic E-state index is 0.159. The fourth-order valence-electron chi connectivity index (χ4n) is 2.85. The highest BCUT2D eigenvalue weighted by molar-refractivity contribution is 5.81. The molecule has 1 amide bonds. The molecule has 0 radical (unpaired) electrons. The van der Waals surface area contributed by atoms with Crippen LogP contribution in [0.15, 0.2) is 60.7 Å². The number of esters is 1. The third-order valence-electron chi connectivity index (χ3n) is 4.29. The Morgan fingerprint density at radius 3 is 2.10 bits per heavy atom. The molecule has 1 atom stereocenters. The van der Waals surface area contributed by atoms with E-state index in [4.69, 9.17) is 9.47 Å². The van der Waals surface area contributed by atoms with E-state index in [1.807, 2.05) is 55.6 Å². The Morgan fingerprint density at radius 1 is 0.967 bits per heavy atom. The summed E-state index contributed by atoms with van der Waals surface area (Å²) in [6, 6.07) is 18.7. The molecule has 0 fully saturated rings. The molecule has 0 saturated carbocycles. The minimum Gasteiger partial charge on any atom is -0.459 e. The first-order chi connectivity index (χ1) is 14.2. The molecule has 0 spiro atoms. The van der Waals surface area contributed by atoms with E-state index in [0.29, 0.717) is 13.0 Å². The lowest BCUT2D eigenvalue weighted by Crippen LogP contribution is -2.45. The van der Waals surface area contributed by atoms with Crippen molar-refractivity contribution in [2.45, 2.75) is 52.0 Å². The number of ether oxygens (including phenoxy) is 2. The smallest absolute Gasteiger partial charge is 0.408 e. The monoisotopic (exact) mass is 412 g/mol. The molecule has 162 valence electrons. The van der Waals surface area contributed by atoms with E-state index in [2.05, 4.69) is 22.3 Å². The molecule has 0 aliphatic heterocycles. The van der Waals surface area contributed by atoms with Gasteiger partial charge in [0.15, 0.2) is 0 Å². The lowest BCUT2D eigenvalue weighted by Gasteiger charge is -2.24. The summed E-state index contributed by atoms with van der Waals surface area (Å²) < 4.78 is 10.8. The molecule has 1 N–H and O–H groups in total. The maximum Gasteiger partial charge on any atom is 0.408 e. The van der Waals surface area contributed by atoms with Gasteiger partial charge < -0.3 is 19.7 Å². The molecule has 6 nitrogen and oxygen atoms in total. The van der Waals surface area contributed by atoms with Crippen LogP contribution in [0.5, 0.6) is 0 Å². The second-order valence-electron chi connectivity index (χ2n) is 8.30. The van der Waals surface area contributed by atoms with Crippen LogP contribution in [0.25, 0.3) is 0 Å². The Bertz CT molecular complexity index is 788. The topological polar surface area (TPSA) is 67.9 Å². The molecule has 2 aromatic carbocycles. The zero-order valence-corrected chi connectivity index (χ0v) is 18.3. The Labute approximate surface area is 179 Å². The summed E-state index contributed by atoms with van der Waals surface area (Å²) in [4.78, 5) is 27.0. The number of hydrogen-bond acceptors (Lipinski definition) is 5. The Balaban J connectivity index is 1.94. The van der Waals surface area contributed by atoms with Gasteiger partial charge in [0.05, 0.1) is 0 Å². The van der Waals surface area contributed by atoms with Gasteiger partial charge in [-0.15, -0.1) is 0 Å². The van der Waals surface area contributed by atoms with Crippen molar-refractivity contribution < 1.29 is 19.1 Å². The van der Waals surface area contributed by atoms with Gasteiger partial charge in [-0.3, -0.25) is 0 Å². The summed E-state index contributed by atoms with van der Waals surface area (Å²) in [6.07, 6.45) is -0.217. The summed E-state index contributed by atoms with van der Waals surface area (Å²) in [6.45, 7) is 6.86. The molecule has 0 bridgehead atoms. The normalized spacial score (nSPS) is 12.3. The predicted octanol–water partition coefficient (Wildman–Crippen LogP) is 4.15. The van der Waals surface area contributed by atoms with E-state index in [9.17, 15) is 9.59 Å². The van der Waals surface area contributed by atoms with E-state index in [1.54, 1.807) is 20.8 Å². The number of alkyl carbamates (subject to hydrolysis) is 1. The van der Waals surface area contributed by atoms with Gasteiger partial charge in [-0.1, -0.05) is 60.7 Å². The van der Waals surface area contributed by atoms with E-state index < -0.39 is 23.7 Å². The van der Waals surface area contributed by atoms with Crippen LogP contribution in [0.4, 0.5) is 4.79 Å². The Kier molecular flexibility index (Phi) is 8.87. The number of benzene rings is 2. The molecule has 6 heteroatoms. The average Bonchev–Trinajstić information content (AvgIpc) is 2.69. The van der Waals surface area contributed by atoms with Crippen molar-refractivity contribution in [2.75, 3.05) is 13.6 Å². The van der Waals surface area contributed by atoms with Gasteiger partial charge in [-0.2, -0.15) is 0 Å². The summed E-state index contributed by atoms with van der Waals surface area (Å²) in [5.41, 5.74) is 1.43. The van der Waals surface area contributed by atoms with Gasteiger partial charge in [-0.25, -0.2) is 9.59 Å². The Hall–Kier alpha value is -2.86. The van der Waals surface area contributed by atoms with E-state index in [0.717, 1.165) is 12.1 Å². The van der Waals surface area contributed by atoms with Crippen molar-refractivity contribution in [1.82, 2.24) is 10.2 Å². The van der Waals surface area contributed by atoms with Gasteiger partial charge in [0.25, 0.3) is 0 Å². The van der Waals surface area contributed by atoms with E-state index >= 15 is 0 Å². The van der Waals surface area contributed by atoms with Crippen LogP contribution in [0.3, 0.4) is 0 Å². The largest absolute Gasteiger partial charge is 0.459 e. The molecule has 0 aromatic heterocycles. The zero-order valence-electron chi connectivity index (χ0n) is 18.3. The van der Waals surface area contributed by atoms with Gasteiger partial charge in [0, 0.05) is 13.1 Å². The van der Waals surface area contributed by atoms with Crippen LogP contribution in [-0.2, 0) is 27.4 Å². The molecule has 30 heavy (non-hydrogen) atoms. The number of hydrogen-bond donors (Lipinski definition) is 1. The summed E-state index contributed by atoms with van der Waals surface area (Å²) in [7, 11) is 1.98. The van der Waals surface area contributed by atoms with Crippen molar-refractivity contribution in [1.29, 1.82) is 0 Å². The summed E-state index contributed by atoms with van der Waals surface area (Å²) in [5.74, 6) is -0.474. The first kappa shape index (κ1) is 23.4. The molecule has 0 heterocycles. The molecule has 2 rings (SSSR count). The maximum atomic E-state index is 12.7. The molecular weight excluding hydrogens is 380 g/mol. The maximum absolute atomic E-state index is 12.7. The number of carbonyl (C=O) groups excluding carboxylic acids is 2. The van der Waals surface area contributed by atoms with Gasteiger partial charge >= 0.3 is 12.1 Å². The van der Waals surface area contributed by atoms with Crippen LogP contribution < -0.4 is 5.32 Å². The first-order valence-electron chi connectivity index (χ1n) is 10.2. The lowest BCUT2D eigenvalue weighted by molar-refractivity contribution is -0.147. The number of carbonyl (C=O) groups is 2. The van der Waals surface area contributed by atoms with E-state index in [-0.39, 0.29) is 6.61 Å². The minimum atomic E-state index is -0.790. The predicted molar refractivity (Wildman–Crippen MR) is 117 cm³/mol. The molecule has 0 saturated heterocycles. The van der Waals surface area contributed by atoms with Crippen LogP contribution >= 0.6 is 0 Å². The Morgan fingerprint density at radius 2 is 1.53 bits per heavy atom. The molecule has 0 aliphatic rings. The third-order valence-corrected chi connectivity index (χ3v) is 4.29. The lowest BCUT2D eigenvalue weighted by atomic mass is 10.1. The number of amides is 1. The zero-order chi connectivity index (χ0) is 22.0. The molecule has 0 aliphatic carbocycles. The first-order valence-corrected chi connectivity index (χ1v) is 10.2. The van der Waals surface area contributed by atoms with Crippen LogP contribution in [0, 0.1) is 0 Å². The van der Waals surface area contributed by atoms with Gasteiger partial charge in [0.2, 0.25) is 0 Å². The van der Waals surface area contributed by atoms with E-state index in [1.165, 1.54) is 5.56 Å². The molecule has 2 aromatic rings. The second kappa shape index (κ2) is 11.4. The third kappa shape index (κ3) is 9.09. The van der Waals surface area contributed by atoms with Gasteiger partial charge in [0.1, 0.15) is 18.2 Å². The van der Waals surface area contributed by atoms with Crippen molar-refractivity contribution >= 4 is 12.1 Å². The summed E-state index contributed by atoms with van der Waals surface area (Å²) >= 11 is 0. The quantitative estimate of drug-likeness (QED) is 0.627. The van der Waals surface area contributed by atoms with Crippen molar-refractivity contribution in [2.24, 2.45) is 0 Å². The molecule has 0 unspecified atom stereocenters. The number of nitrogens with one attached hydrogen (secondary N) is 1. The number of nitrogens with zero attached hydrogens (tertiary/aromatic N) is 1. The van der Waals surface area contributed by atoms with Crippen LogP contribution in [-0.4, -0.2) is 42.2 Å². The van der Waals surface area contributed by atoms with Gasteiger partial charge in [-0.05, 0) is 45.4 Å². The van der Waals surface area contributed by atoms with Crippen molar-refractivity contribution in [3.63, 3.8) is 0 Å². The fourth-order valence-corrected chi connectivity index (χ4v) is 2.85. The van der Waals surface area contributed by atoms with Crippen LogP contribution in [0.1, 0.15) is 38.3 Å². The van der Waals surface area contributed by atoms with Crippen molar-refractivity contribution in [3.05, 3.63) is 71.8 Å². The second-order valence-corrected chi connectivity index (χ2v) is 8.30. The summed E-state index contributed by atoms with van der Waals surface area (Å²) in [5, 5.41) is 2.67. The highest BCUT2D eigenvalue weighted by Gasteiger charge is 2.26. The molecular formula is C24H32N2O4. The fraction of sp³-hybridized carbons (Fsp3) is 0.417. The highest BCUT2D eigenvalue weighted by Crippen LogP contribution is 2.10. The average molecular weight is 413 g/mol. The highest BCUT2D eigenvalue weighted by atomic mass is 16.6. The number of rotatable bonds is 9. The standard InChI is InChI=1S/C24H32N2O4/c1-24(2,3)30-23(28)25-21(22(27)29-18-20-13-9-6-10-14-20)15-16-26(4)17-19-11-7-5-8-12-19/h5-14,21H,15-18H2,1-4H3,(H,25,28)/t21-/m0/s1. The van der Waals surface area contributed by atoms with Crippen molar-refractivity contribution in [3.8, 4) is 0 Å².